The number of hydrogen-bond acceptors (Lipinski definition) is 5. The molecule has 0 bridgehead atoms. The van der Waals surface area contributed by atoms with E-state index in [-0.39, 0.29) is 17.9 Å². The number of piperazine rings is 1. The first-order chi connectivity index (χ1) is 10.1. The van der Waals surface area contributed by atoms with E-state index in [1.165, 1.54) is 7.11 Å². The Morgan fingerprint density at radius 3 is 2.86 bits per heavy atom. The van der Waals surface area contributed by atoms with Crippen molar-refractivity contribution in [3.63, 3.8) is 0 Å². The lowest BCUT2D eigenvalue weighted by Crippen LogP contribution is -2.54. The van der Waals surface area contributed by atoms with Crippen LogP contribution < -0.4 is 0 Å². The number of pyridine rings is 1. The predicted octanol–water partition coefficient (Wildman–Crippen LogP) is 0.791. The number of rotatable bonds is 4. The van der Waals surface area contributed by atoms with E-state index in [1.807, 2.05) is 11.8 Å². The quantitative estimate of drug-likeness (QED) is 0.768. The zero-order chi connectivity index (χ0) is 15.2. The summed E-state index contributed by atoms with van der Waals surface area (Å²) in [6, 6.07) is 3.67. The molecule has 0 aromatic carbocycles. The lowest BCUT2D eigenvalue weighted by atomic mass is 10.1. The van der Waals surface area contributed by atoms with Gasteiger partial charge >= 0.3 is 5.97 Å². The molecule has 1 unspecified atom stereocenters. The highest BCUT2D eigenvalue weighted by Crippen LogP contribution is 2.13. The molecular formula is C15H21N3O3. The van der Waals surface area contributed by atoms with Crippen molar-refractivity contribution < 1.29 is 14.3 Å². The monoisotopic (exact) mass is 291 g/mol. The Bertz CT molecular complexity index is 492. The van der Waals surface area contributed by atoms with Crippen molar-refractivity contribution in [2.45, 2.75) is 19.4 Å². The smallest absolute Gasteiger partial charge is 0.306 e. The van der Waals surface area contributed by atoms with E-state index in [0.717, 1.165) is 13.1 Å². The van der Waals surface area contributed by atoms with E-state index in [1.54, 1.807) is 24.5 Å². The molecule has 0 spiro atoms. The summed E-state index contributed by atoms with van der Waals surface area (Å²) >= 11 is 0. The van der Waals surface area contributed by atoms with E-state index in [4.69, 9.17) is 0 Å². The lowest BCUT2D eigenvalue weighted by molar-refractivity contribution is -0.141. The first kappa shape index (κ1) is 15.4. The first-order valence-corrected chi connectivity index (χ1v) is 7.12. The van der Waals surface area contributed by atoms with Crippen LogP contribution in [0.2, 0.25) is 0 Å². The third kappa shape index (κ3) is 4.01. The van der Waals surface area contributed by atoms with Crippen LogP contribution in [0, 0.1) is 0 Å². The van der Waals surface area contributed by atoms with E-state index < -0.39 is 0 Å². The van der Waals surface area contributed by atoms with Crippen molar-refractivity contribution in [2.75, 3.05) is 33.3 Å². The SMILES string of the molecule is COC(=O)CCN1CCN(C(=O)c2cccnc2)C(C)C1. The summed E-state index contributed by atoms with van der Waals surface area (Å²) in [4.78, 5) is 31.6. The summed E-state index contributed by atoms with van der Waals surface area (Å²) in [5.74, 6) is -0.181. The highest BCUT2D eigenvalue weighted by molar-refractivity contribution is 5.94. The summed E-state index contributed by atoms with van der Waals surface area (Å²) in [6.45, 7) is 4.90. The first-order valence-electron chi connectivity index (χ1n) is 7.12. The maximum Gasteiger partial charge on any atom is 0.306 e. The second-order valence-electron chi connectivity index (χ2n) is 5.22. The summed E-state index contributed by atoms with van der Waals surface area (Å²) < 4.78 is 4.65. The molecule has 1 amide bonds. The molecule has 0 radical (unpaired) electrons. The molecule has 0 saturated carbocycles. The molecule has 0 aliphatic carbocycles. The molecule has 1 aliphatic rings. The van der Waals surface area contributed by atoms with Crippen molar-refractivity contribution >= 4 is 11.9 Å². The number of nitrogens with zero attached hydrogens (tertiary/aromatic N) is 3. The zero-order valence-corrected chi connectivity index (χ0v) is 12.5. The predicted molar refractivity (Wildman–Crippen MR) is 77.8 cm³/mol. The van der Waals surface area contributed by atoms with Gasteiger partial charge in [-0.3, -0.25) is 19.5 Å². The fourth-order valence-corrected chi connectivity index (χ4v) is 2.54. The second kappa shape index (κ2) is 7.17. The van der Waals surface area contributed by atoms with Crippen molar-refractivity contribution in [3.05, 3.63) is 30.1 Å². The van der Waals surface area contributed by atoms with Gasteiger partial charge in [-0.1, -0.05) is 0 Å². The Morgan fingerprint density at radius 1 is 1.43 bits per heavy atom. The third-order valence-electron chi connectivity index (χ3n) is 3.74. The van der Waals surface area contributed by atoms with Crippen LogP contribution in [-0.4, -0.2) is 66.0 Å². The molecule has 114 valence electrons. The minimum atomic E-state index is -0.198. The van der Waals surface area contributed by atoms with Crippen LogP contribution in [0.25, 0.3) is 0 Å². The van der Waals surface area contributed by atoms with Crippen molar-refractivity contribution in [2.24, 2.45) is 0 Å². The molecule has 6 heteroatoms. The highest BCUT2D eigenvalue weighted by atomic mass is 16.5. The standard InChI is InChI=1S/C15H21N3O3/c1-12-11-17(7-5-14(19)21-2)8-9-18(12)15(20)13-4-3-6-16-10-13/h3-4,6,10,12H,5,7-9,11H2,1-2H3. The van der Waals surface area contributed by atoms with Crippen LogP contribution in [0.4, 0.5) is 0 Å². The fourth-order valence-electron chi connectivity index (χ4n) is 2.54. The van der Waals surface area contributed by atoms with Gasteiger partial charge in [0.2, 0.25) is 0 Å². The number of ether oxygens (including phenoxy) is 1. The largest absolute Gasteiger partial charge is 0.469 e. The minimum absolute atomic E-state index is 0.0169. The van der Waals surface area contributed by atoms with Gasteiger partial charge in [-0.15, -0.1) is 0 Å². The van der Waals surface area contributed by atoms with Crippen LogP contribution in [0.15, 0.2) is 24.5 Å². The number of aromatic nitrogens is 1. The molecular weight excluding hydrogens is 270 g/mol. The highest BCUT2D eigenvalue weighted by Gasteiger charge is 2.28. The number of amides is 1. The Hall–Kier alpha value is -1.95. The van der Waals surface area contributed by atoms with Crippen molar-refractivity contribution in [3.8, 4) is 0 Å². The number of carbonyl (C=O) groups excluding carboxylic acids is 2. The van der Waals surface area contributed by atoms with Crippen LogP contribution in [0.5, 0.6) is 0 Å². The van der Waals surface area contributed by atoms with Crippen molar-refractivity contribution in [1.29, 1.82) is 0 Å². The van der Waals surface area contributed by atoms with Crippen LogP contribution in [-0.2, 0) is 9.53 Å². The number of carbonyl (C=O) groups is 2. The van der Waals surface area contributed by atoms with Crippen LogP contribution in [0.3, 0.4) is 0 Å². The van der Waals surface area contributed by atoms with Crippen LogP contribution >= 0.6 is 0 Å². The van der Waals surface area contributed by atoms with E-state index in [9.17, 15) is 9.59 Å². The van der Waals surface area contributed by atoms with E-state index in [0.29, 0.717) is 25.1 Å². The molecule has 1 saturated heterocycles. The average Bonchev–Trinajstić information content (AvgIpc) is 2.53. The molecule has 1 aromatic heterocycles. The van der Waals surface area contributed by atoms with Crippen LogP contribution in [0.1, 0.15) is 23.7 Å². The molecule has 1 aliphatic heterocycles. The minimum Gasteiger partial charge on any atom is -0.469 e. The van der Waals surface area contributed by atoms with Gasteiger partial charge in [-0.2, -0.15) is 0 Å². The summed E-state index contributed by atoms with van der Waals surface area (Å²) in [7, 11) is 1.40. The van der Waals surface area contributed by atoms with Gasteiger partial charge in [-0.05, 0) is 19.1 Å². The third-order valence-corrected chi connectivity index (χ3v) is 3.74. The maximum atomic E-state index is 12.4. The Kier molecular flexibility index (Phi) is 5.27. The fraction of sp³-hybridized carbons (Fsp3) is 0.533. The number of esters is 1. The van der Waals surface area contributed by atoms with Crippen molar-refractivity contribution in [1.82, 2.24) is 14.8 Å². The normalized spacial score (nSPS) is 19.3. The lowest BCUT2D eigenvalue weighted by Gasteiger charge is -2.39. The summed E-state index contributed by atoms with van der Waals surface area (Å²) in [6.07, 6.45) is 3.64. The van der Waals surface area contributed by atoms with E-state index in [2.05, 4.69) is 14.6 Å². The Balaban J connectivity index is 1.89. The van der Waals surface area contributed by atoms with Gasteiger partial charge in [0.15, 0.2) is 0 Å². The topological polar surface area (TPSA) is 62.7 Å². The molecule has 0 N–H and O–H groups in total. The summed E-state index contributed by atoms with van der Waals surface area (Å²) in [5.41, 5.74) is 0.618. The molecule has 1 fully saturated rings. The molecule has 2 rings (SSSR count). The Labute approximate surface area is 124 Å². The van der Waals surface area contributed by atoms with Gasteiger partial charge in [-0.25, -0.2) is 0 Å². The maximum absolute atomic E-state index is 12.4. The number of methoxy groups -OCH3 is 1. The van der Waals surface area contributed by atoms with Gasteiger partial charge in [0.25, 0.3) is 5.91 Å². The second-order valence-corrected chi connectivity index (χ2v) is 5.22. The molecule has 1 atom stereocenters. The molecule has 6 nitrogen and oxygen atoms in total. The molecule has 2 heterocycles. The average molecular weight is 291 g/mol. The molecule has 1 aromatic rings. The van der Waals surface area contributed by atoms with Gasteiger partial charge < -0.3 is 9.64 Å². The van der Waals surface area contributed by atoms with Gasteiger partial charge in [0.05, 0.1) is 19.1 Å². The zero-order valence-electron chi connectivity index (χ0n) is 12.5. The van der Waals surface area contributed by atoms with Gasteiger partial charge in [0, 0.05) is 44.6 Å². The van der Waals surface area contributed by atoms with Gasteiger partial charge in [0.1, 0.15) is 0 Å². The van der Waals surface area contributed by atoms with E-state index >= 15 is 0 Å². The molecule has 21 heavy (non-hydrogen) atoms. The Morgan fingerprint density at radius 2 is 2.24 bits per heavy atom. The number of hydrogen-bond donors (Lipinski definition) is 0. The summed E-state index contributed by atoms with van der Waals surface area (Å²) in [5, 5.41) is 0.